The molecule has 2 rings (SSSR count). The fraction of sp³-hybridized carbons (Fsp3) is 0.786. The average Bonchev–Trinajstić information content (AvgIpc) is 2.65. The normalized spacial score (nSPS) is 24.2. The second-order valence-electron chi connectivity index (χ2n) is 5.66. The minimum absolute atomic E-state index is 0.616. The predicted octanol–water partition coefficient (Wildman–Crippen LogP) is 2.81. The zero-order valence-electron chi connectivity index (χ0n) is 12.1. The van der Waals surface area contributed by atoms with E-state index < -0.39 is 0 Å². The summed E-state index contributed by atoms with van der Waals surface area (Å²) in [6, 6.07) is 0.616. The highest BCUT2D eigenvalue weighted by Crippen LogP contribution is 2.33. The highest BCUT2D eigenvalue weighted by atomic mass is 15.4. The van der Waals surface area contributed by atoms with Crippen molar-refractivity contribution in [1.29, 1.82) is 0 Å². The second-order valence-corrected chi connectivity index (χ2v) is 5.66. The van der Waals surface area contributed by atoms with Crippen LogP contribution >= 0.6 is 0 Å². The van der Waals surface area contributed by atoms with E-state index in [9.17, 15) is 0 Å². The fourth-order valence-electron chi connectivity index (χ4n) is 2.98. The largest absolute Gasteiger partial charge is 0.394 e. The molecule has 4 nitrogen and oxygen atoms in total. The van der Waals surface area contributed by atoms with Crippen molar-refractivity contribution in [3.8, 4) is 0 Å². The minimum Gasteiger partial charge on any atom is -0.394 e. The van der Waals surface area contributed by atoms with E-state index in [0.717, 1.165) is 29.7 Å². The first kappa shape index (κ1) is 13.2. The van der Waals surface area contributed by atoms with Crippen LogP contribution in [0, 0.1) is 12.8 Å². The molecule has 18 heavy (non-hydrogen) atoms. The lowest BCUT2D eigenvalue weighted by Gasteiger charge is -2.35. The molecule has 102 valence electrons. The van der Waals surface area contributed by atoms with Gasteiger partial charge >= 0.3 is 0 Å². The van der Waals surface area contributed by atoms with Crippen molar-refractivity contribution in [3.63, 3.8) is 0 Å². The van der Waals surface area contributed by atoms with Crippen LogP contribution in [0.5, 0.6) is 0 Å². The zero-order chi connectivity index (χ0) is 13.3. The summed E-state index contributed by atoms with van der Waals surface area (Å²) in [6.07, 6.45) is 5.19. The summed E-state index contributed by atoms with van der Waals surface area (Å²) in [7, 11) is 2.17. The maximum absolute atomic E-state index is 6.19. The molecule has 0 bridgehead atoms. The van der Waals surface area contributed by atoms with Crippen LogP contribution in [-0.4, -0.2) is 22.9 Å². The third kappa shape index (κ3) is 2.33. The molecule has 1 aromatic heterocycles. The Morgan fingerprint density at radius 1 is 1.33 bits per heavy atom. The third-order valence-corrected chi connectivity index (χ3v) is 4.31. The van der Waals surface area contributed by atoms with Gasteiger partial charge in [-0.25, -0.2) is 4.68 Å². The topological polar surface area (TPSA) is 47.1 Å². The van der Waals surface area contributed by atoms with Crippen LogP contribution < -0.4 is 10.6 Å². The van der Waals surface area contributed by atoms with Crippen LogP contribution in [0.2, 0.25) is 0 Å². The predicted molar refractivity (Wildman–Crippen MR) is 76.9 cm³/mol. The van der Waals surface area contributed by atoms with Gasteiger partial charge in [0, 0.05) is 19.6 Å². The molecule has 0 aliphatic heterocycles. The van der Waals surface area contributed by atoms with Gasteiger partial charge in [-0.05, 0) is 45.4 Å². The van der Waals surface area contributed by atoms with Crippen molar-refractivity contribution >= 4 is 11.5 Å². The lowest BCUT2D eigenvalue weighted by Crippen LogP contribution is -2.36. The summed E-state index contributed by atoms with van der Waals surface area (Å²) in [5, 5.41) is 4.51. The number of aromatic nitrogens is 2. The molecule has 4 heteroatoms. The van der Waals surface area contributed by atoms with E-state index in [0.29, 0.717) is 6.04 Å². The van der Waals surface area contributed by atoms with E-state index in [2.05, 4.69) is 30.9 Å². The molecule has 0 radical (unpaired) electrons. The molecule has 0 atom stereocenters. The van der Waals surface area contributed by atoms with Gasteiger partial charge in [0.1, 0.15) is 0 Å². The zero-order valence-corrected chi connectivity index (χ0v) is 12.1. The lowest BCUT2D eigenvalue weighted by atomic mass is 9.87. The number of hydrogen-bond donors (Lipinski definition) is 1. The number of nitrogens with two attached hydrogens (primary N) is 1. The molecule has 1 saturated carbocycles. The summed E-state index contributed by atoms with van der Waals surface area (Å²) in [5.41, 5.74) is 7.98. The van der Waals surface area contributed by atoms with Crippen molar-refractivity contribution < 1.29 is 0 Å². The lowest BCUT2D eigenvalue weighted by molar-refractivity contribution is 0.338. The smallest absolute Gasteiger partial charge is 0.150 e. The number of hydrogen-bond acceptors (Lipinski definition) is 3. The Morgan fingerprint density at radius 2 is 1.94 bits per heavy atom. The third-order valence-electron chi connectivity index (χ3n) is 4.31. The highest BCUT2D eigenvalue weighted by molar-refractivity contribution is 5.66. The summed E-state index contributed by atoms with van der Waals surface area (Å²) in [4.78, 5) is 2.35. The number of nitrogen functional groups attached to an aromatic ring is 1. The van der Waals surface area contributed by atoms with Gasteiger partial charge in [0.05, 0.1) is 11.4 Å². The van der Waals surface area contributed by atoms with E-state index in [1.807, 2.05) is 11.6 Å². The van der Waals surface area contributed by atoms with Crippen molar-refractivity contribution in [2.75, 3.05) is 17.7 Å². The quantitative estimate of drug-likeness (QED) is 0.897. The van der Waals surface area contributed by atoms with Gasteiger partial charge in [-0.2, -0.15) is 5.10 Å². The molecule has 0 unspecified atom stereocenters. The first-order chi connectivity index (χ1) is 8.54. The van der Waals surface area contributed by atoms with Crippen molar-refractivity contribution in [2.24, 2.45) is 5.92 Å². The monoisotopic (exact) mass is 250 g/mol. The minimum atomic E-state index is 0.616. The summed E-state index contributed by atoms with van der Waals surface area (Å²) in [6.45, 7) is 7.33. The molecular formula is C14H26N4. The van der Waals surface area contributed by atoms with Crippen LogP contribution in [0.15, 0.2) is 0 Å². The molecule has 0 amide bonds. The van der Waals surface area contributed by atoms with E-state index in [1.165, 1.54) is 25.7 Å². The maximum Gasteiger partial charge on any atom is 0.150 e. The first-order valence-electron chi connectivity index (χ1n) is 7.10. The maximum atomic E-state index is 6.19. The Kier molecular flexibility index (Phi) is 3.83. The second kappa shape index (κ2) is 5.21. The molecule has 1 fully saturated rings. The van der Waals surface area contributed by atoms with Gasteiger partial charge in [-0.1, -0.05) is 6.92 Å². The van der Waals surface area contributed by atoms with Crippen molar-refractivity contribution in [3.05, 3.63) is 5.69 Å². The highest BCUT2D eigenvalue weighted by Gasteiger charge is 2.25. The van der Waals surface area contributed by atoms with E-state index in [1.54, 1.807) is 0 Å². The first-order valence-corrected chi connectivity index (χ1v) is 7.10. The number of nitrogens with zero attached hydrogens (tertiary/aromatic N) is 3. The van der Waals surface area contributed by atoms with E-state index in [-0.39, 0.29) is 0 Å². The Hall–Kier alpha value is -1.19. The fourth-order valence-corrected chi connectivity index (χ4v) is 2.98. The standard InChI is InChI=1S/C14H26N4/c1-5-18-14(13(15)11(3)16-18)17(4)12-8-6-10(2)7-9-12/h10,12H,5-9,15H2,1-4H3. The molecule has 0 saturated heterocycles. The van der Waals surface area contributed by atoms with Crippen LogP contribution in [-0.2, 0) is 6.54 Å². The number of anilines is 2. The van der Waals surface area contributed by atoms with Crippen molar-refractivity contribution in [2.45, 2.75) is 59.0 Å². The van der Waals surface area contributed by atoms with Gasteiger partial charge in [0.2, 0.25) is 0 Å². The molecule has 1 aliphatic carbocycles. The van der Waals surface area contributed by atoms with E-state index >= 15 is 0 Å². The molecule has 0 spiro atoms. The van der Waals surface area contributed by atoms with Crippen molar-refractivity contribution in [1.82, 2.24) is 9.78 Å². The van der Waals surface area contributed by atoms with Crippen LogP contribution in [0.3, 0.4) is 0 Å². The molecular weight excluding hydrogens is 224 g/mol. The van der Waals surface area contributed by atoms with Crippen LogP contribution in [0.25, 0.3) is 0 Å². The Labute approximate surface area is 110 Å². The van der Waals surface area contributed by atoms with Gasteiger partial charge in [-0.15, -0.1) is 0 Å². The Balaban J connectivity index is 2.20. The Bertz CT molecular complexity index is 402. The summed E-state index contributed by atoms with van der Waals surface area (Å²) >= 11 is 0. The van der Waals surface area contributed by atoms with Crippen LogP contribution in [0.1, 0.15) is 45.2 Å². The van der Waals surface area contributed by atoms with Gasteiger partial charge in [0.25, 0.3) is 0 Å². The Morgan fingerprint density at radius 3 is 2.50 bits per heavy atom. The van der Waals surface area contributed by atoms with E-state index in [4.69, 9.17) is 5.73 Å². The van der Waals surface area contributed by atoms with Gasteiger partial charge in [0.15, 0.2) is 5.82 Å². The molecule has 1 aromatic rings. The SMILES string of the molecule is CCn1nc(C)c(N)c1N(C)C1CCC(C)CC1. The van der Waals surface area contributed by atoms with Gasteiger partial charge < -0.3 is 10.6 Å². The number of rotatable bonds is 3. The molecule has 1 aliphatic rings. The average molecular weight is 250 g/mol. The van der Waals surface area contributed by atoms with Gasteiger partial charge in [-0.3, -0.25) is 0 Å². The summed E-state index contributed by atoms with van der Waals surface area (Å²) < 4.78 is 2.03. The number of aryl methyl sites for hydroxylation is 2. The molecule has 2 N–H and O–H groups in total. The molecule has 0 aromatic carbocycles. The van der Waals surface area contributed by atoms with Crippen LogP contribution in [0.4, 0.5) is 11.5 Å². The summed E-state index contributed by atoms with van der Waals surface area (Å²) in [5.74, 6) is 1.99. The molecule has 1 heterocycles.